The lowest BCUT2D eigenvalue weighted by Crippen LogP contribution is -2.19. The number of aryl methyl sites for hydroxylation is 1. The van der Waals surface area contributed by atoms with Gasteiger partial charge in [-0.2, -0.15) is 0 Å². The second-order valence-corrected chi connectivity index (χ2v) is 3.72. The Bertz CT molecular complexity index is 464. The molecule has 0 atom stereocenters. The molecule has 0 unspecified atom stereocenters. The van der Waals surface area contributed by atoms with Crippen LogP contribution in [-0.2, 0) is 4.79 Å². The summed E-state index contributed by atoms with van der Waals surface area (Å²) >= 11 is 0. The van der Waals surface area contributed by atoms with Crippen molar-refractivity contribution in [1.29, 1.82) is 0 Å². The van der Waals surface area contributed by atoms with Gasteiger partial charge in [-0.1, -0.05) is 24.3 Å². The van der Waals surface area contributed by atoms with E-state index in [4.69, 9.17) is 5.11 Å². The van der Waals surface area contributed by atoms with Crippen molar-refractivity contribution in [2.45, 2.75) is 13.8 Å². The number of hydrogen-bond acceptors (Lipinski definition) is 2. The molecule has 4 heteroatoms. The summed E-state index contributed by atoms with van der Waals surface area (Å²) in [6.07, 6.45) is 3.56. The van der Waals surface area contributed by atoms with Crippen LogP contribution in [0.3, 0.4) is 0 Å². The molecule has 0 saturated heterocycles. The van der Waals surface area contributed by atoms with Gasteiger partial charge in [0.25, 0.3) is 0 Å². The van der Waals surface area contributed by atoms with Crippen molar-refractivity contribution in [2.75, 3.05) is 6.54 Å². The standard InChI is InChI=1S/C13H15NO3/c1-9-5-6-11(8-12(9)13(16)17)4-3-7-14-10(2)15/h3-6,8H,7H2,1-2H3,(H,14,15)(H,16,17). The molecule has 17 heavy (non-hydrogen) atoms. The van der Waals surface area contributed by atoms with Crippen LogP contribution >= 0.6 is 0 Å². The first kappa shape index (κ1) is 13.0. The van der Waals surface area contributed by atoms with Crippen LogP contribution < -0.4 is 5.32 Å². The van der Waals surface area contributed by atoms with Crippen molar-refractivity contribution in [3.63, 3.8) is 0 Å². The van der Waals surface area contributed by atoms with Gasteiger partial charge in [0, 0.05) is 13.5 Å². The number of carbonyl (C=O) groups is 2. The third kappa shape index (κ3) is 4.10. The quantitative estimate of drug-likeness (QED) is 0.834. The Morgan fingerprint density at radius 1 is 1.41 bits per heavy atom. The van der Waals surface area contributed by atoms with Gasteiger partial charge in [0.15, 0.2) is 0 Å². The largest absolute Gasteiger partial charge is 0.478 e. The first-order valence-electron chi connectivity index (χ1n) is 5.25. The van der Waals surface area contributed by atoms with Crippen molar-refractivity contribution < 1.29 is 14.7 Å². The first-order valence-corrected chi connectivity index (χ1v) is 5.25. The Morgan fingerprint density at radius 2 is 2.12 bits per heavy atom. The molecule has 0 heterocycles. The number of carboxylic acids is 1. The molecule has 0 aliphatic heterocycles. The van der Waals surface area contributed by atoms with E-state index in [1.165, 1.54) is 6.92 Å². The van der Waals surface area contributed by atoms with E-state index in [2.05, 4.69) is 5.32 Å². The van der Waals surface area contributed by atoms with Gasteiger partial charge in [-0.3, -0.25) is 4.79 Å². The highest BCUT2D eigenvalue weighted by molar-refractivity contribution is 5.90. The number of benzene rings is 1. The number of carboxylic acid groups (broad SMARTS) is 1. The maximum absolute atomic E-state index is 10.9. The smallest absolute Gasteiger partial charge is 0.335 e. The van der Waals surface area contributed by atoms with Crippen molar-refractivity contribution in [2.24, 2.45) is 0 Å². The molecule has 90 valence electrons. The molecular weight excluding hydrogens is 218 g/mol. The molecule has 0 aliphatic rings. The van der Waals surface area contributed by atoms with E-state index in [9.17, 15) is 9.59 Å². The monoisotopic (exact) mass is 233 g/mol. The molecule has 1 rings (SSSR count). The number of hydrogen-bond donors (Lipinski definition) is 2. The third-order valence-corrected chi connectivity index (χ3v) is 2.27. The van der Waals surface area contributed by atoms with E-state index in [1.807, 2.05) is 6.07 Å². The minimum atomic E-state index is -0.931. The zero-order chi connectivity index (χ0) is 12.8. The summed E-state index contributed by atoms with van der Waals surface area (Å²) in [5.74, 6) is -1.02. The lowest BCUT2D eigenvalue weighted by molar-refractivity contribution is -0.118. The van der Waals surface area contributed by atoms with Crippen LogP contribution in [0.25, 0.3) is 6.08 Å². The van der Waals surface area contributed by atoms with E-state index in [0.29, 0.717) is 12.1 Å². The fraction of sp³-hybridized carbons (Fsp3) is 0.231. The molecule has 0 saturated carbocycles. The molecule has 1 aromatic rings. The van der Waals surface area contributed by atoms with Crippen LogP contribution in [0.2, 0.25) is 0 Å². The predicted octanol–water partition coefficient (Wildman–Crippen LogP) is 1.84. The van der Waals surface area contributed by atoms with Gasteiger partial charge in [0.05, 0.1) is 5.56 Å². The lowest BCUT2D eigenvalue weighted by atomic mass is 10.0. The van der Waals surface area contributed by atoms with Crippen molar-refractivity contribution in [3.8, 4) is 0 Å². The maximum atomic E-state index is 10.9. The highest BCUT2D eigenvalue weighted by atomic mass is 16.4. The normalized spacial score (nSPS) is 10.5. The van der Waals surface area contributed by atoms with Gasteiger partial charge < -0.3 is 10.4 Å². The topological polar surface area (TPSA) is 66.4 Å². The number of rotatable bonds is 4. The number of nitrogens with one attached hydrogen (secondary N) is 1. The molecule has 4 nitrogen and oxygen atoms in total. The van der Waals surface area contributed by atoms with Gasteiger partial charge in [0.1, 0.15) is 0 Å². The van der Waals surface area contributed by atoms with E-state index in [-0.39, 0.29) is 5.91 Å². The van der Waals surface area contributed by atoms with Crippen LogP contribution in [0, 0.1) is 6.92 Å². The summed E-state index contributed by atoms with van der Waals surface area (Å²) in [7, 11) is 0. The van der Waals surface area contributed by atoms with Crippen LogP contribution in [-0.4, -0.2) is 23.5 Å². The minimum absolute atomic E-state index is 0.0928. The highest BCUT2D eigenvalue weighted by Crippen LogP contribution is 2.12. The first-order chi connectivity index (χ1) is 8.00. The van der Waals surface area contributed by atoms with Crippen molar-refractivity contribution >= 4 is 18.0 Å². The Kier molecular flexibility index (Phi) is 4.46. The summed E-state index contributed by atoms with van der Waals surface area (Å²) in [5, 5.41) is 11.6. The summed E-state index contributed by atoms with van der Waals surface area (Å²) in [5.41, 5.74) is 1.83. The summed E-state index contributed by atoms with van der Waals surface area (Å²) in [6.45, 7) is 3.64. The van der Waals surface area contributed by atoms with Gasteiger partial charge in [-0.25, -0.2) is 4.79 Å². The molecule has 0 spiro atoms. The Balaban J connectivity index is 2.75. The zero-order valence-electron chi connectivity index (χ0n) is 9.86. The van der Waals surface area contributed by atoms with E-state index >= 15 is 0 Å². The molecule has 0 bridgehead atoms. The predicted molar refractivity (Wildman–Crippen MR) is 65.9 cm³/mol. The Morgan fingerprint density at radius 3 is 2.71 bits per heavy atom. The molecule has 0 radical (unpaired) electrons. The van der Waals surface area contributed by atoms with Crippen LogP contribution in [0.1, 0.15) is 28.4 Å². The lowest BCUT2D eigenvalue weighted by Gasteiger charge is -2.02. The average Bonchev–Trinajstić information content (AvgIpc) is 2.25. The molecule has 2 N–H and O–H groups in total. The minimum Gasteiger partial charge on any atom is -0.478 e. The molecule has 1 aromatic carbocycles. The maximum Gasteiger partial charge on any atom is 0.335 e. The molecule has 0 aromatic heterocycles. The van der Waals surface area contributed by atoms with Crippen LogP contribution in [0.15, 0.2) is 24.3 Å². The second kappa shape index (κ2) is 5.84. The SMILES string of the molecule is CC(=O)NCC=Cc1ccc(C)c(C(=O)O)c1. The molecule has 1 amide bonds. The summed E-state index contributed by atoms with van der Waals surface area (Å²) < 4.78 is 0. The fourth-order valence-electron chi connectivity index (χ4n) is 1.37. The average molecular weight is 233 g/mol. The fourth-order valence-corrected chi connectivity index (χ4v) is 1.37. The zero-order valence-corrected chi connectivity index (χ0v) is 9.86. The Hall–Kier alpha value is -2.10. The third-order valence-electron chi connectivity index (χ3n) is 2.27. The van der Waals surface area contributed by atoms with Gasteiger partial charge in [-0.05, 0) is 24.1 Å². The van der Waals surface area contributed by atoms with E-state index in [0.717, 1.165) is 11.1 Å². The van der Waals surface area contributed by atoms with E-state index in [1.54, 1.807) is 31.2 Å². The molecule has 0 aliphatic carbocycles. The summed E-state index contributed by atoms with van der Waals surface area (Å²) in [6, 6.07) is 5.22. The molecular formula is C13H15NO3. The van der Waals surface area contributed by atoms with Gasteiger partial charge >= 0.3 is 5.97 Å². The van der Waals surface area contributed by atoms with Crippen LogP contribution in [0.4, 0.5) is 0 Å². The summed E-state index contributed by atoms with van der Waals surface area (Å²) in [4.78, 5) is 21.5. The van der Waals surface area contributed by atoms with Crippen LogP contribution in [0.5, 0.6) is 0 Å². The Labute approximate surface area is 100.0 Å². The molecule has 0 fully saturated rings. The number of amides is 1. The van der Waals surface area contributed by atoms with E-state index < -0.39 is 5.97 Å². The van der Waals surface area contributed by atoms with Gasteiger partial charge in [0.2, 0.25) is 5.91 Å². The van der Waals surface area contributed by atoms with Crippen molar-refractivity contribution in [1.82, 2.24) is 5.32 Å². The second-order valence-electron chi connectivity index (χ2n) is 3.72. The van der Waals surface area contributed by atoms with Crippen molar-refractivity contribution in [3.05, 3.63) is 41.0 Å². The number of carbonyl (C=O) groups excluding carboxylic acids is 1. The van der Waals surface area contributed by atoms with Gasteiger partial charge in [-0.15, -0.1) is 0 Å². The highest BCUT2D eigenvalue weighted by Gasteiger charge is 2.06. The number of aromatic carboxylic acids is 1.